The van der Waals surface area contributed by atoms with Crippen LogP contribution in [-0.4, -0.2) is 31.1 Å². The number of hydrogen-bond acceptors (Lipinski definition) is 3. The Bertz CT molecular complexity index is 422. The normalized spacial score (nSPS) is 12.6. The highest BCUT2D eigenvalue weighted by atomic mass is 35.5. The second-order valence-electron chi connectivity index (χ2n) is 5.56. The summed E-state index contributed by atoms with van der Waals surface area (Å²) in [4.78, 5) is 2.34. The monoisotopic (exact) mass is 326 g/mol. The Morgan fingerprint density at radius 1 is 1.14 bits per heavy atom. The van der Waals surface area contributed by atoms with Gasteiger partial charge in [-0.2, -0.15) is 0 Å². The van der Waals surface area contributed by atoms with E-state index in [1.54, 1.807) is 0 Å². The molecule has 2 N–H and O–H groups in total. The molecule has 4 heteroatoms. The van der Waals surface area contributed by atoms with E-state index < -0.39 is 0 Å². The average Bonchev–Trinajstić information content (AvgIpc) is 2.53. The molecule has 0 aliphatic carbocycles. The fourth-order valence-corrected chi connectivity index (χ4v) is 2.94. The van der Waals surface area contributed by atoms with Crippen molar-refractivity contribution >= 4 is 11.6 Å². The van der Waals surface area contributed by atoms with Crippen LogP contribution in [0.2, 0.25) is 5.02 Å². The first-order chi connectivity index (χ1) is 10.7. The van der Waals surface area contributed by atoms with Crippen molar-refractivity contribution in [3.8, 4) is 5.75 Å². The Morgan fingerprint density at radius 3 is 2.45 bits per heavy atom. The third-order valence-corrected chi connectivity index (χ3v) is 4.30. The van der Waals surface area contributed by atoms with Crippen molar-refractivity contribution in [3.63, 3.8) is 0 Å². The molecule has 1 atom stereocenters. The van der Waals surface area contributed by atoms with Crippen LogP contribution in [0.25, 0.3) is 0 Å². The summed E-state index contributed by atoms with van der Waals surface area (Å²) in [6.45, 7) is 9.76. The van der Waals surface area contributed by atoms with Crippen LogP contribution in [0.5, 0.6) is 5.75 Å². The molecule has 1 aromatic rings. The minimum Gasteiger partial charge on any atom is -0.493 e. The van der Waals surface area contributed by atoms with Gasteiger partial charge in [0.05, 0.1) is 12.6 Å². The zero-order valence-corrected chi connectivity index (χ0v) is 15.0. The highest BCUT2D eigenvalue weighted by molar-refractivity contribution is 6.30. The lowest BCUT2D eigenvalue weighted by atomic mass is 10.0. The Labute approximate surface area is 140 Å². The molecular formula is C18H31ClN2O. The van der Waals surface area contributed by atoms with Crippen molar-refractivity contribution in [1.82, 2.24) is 4.90 Å². The number of rotatable bonds is 11. The van der Waals surface area contributed by atoms with Crippen LogP contribution in [0.4, 0.5) is 0 Å². The topological polar surface area (TPSA) is 38.5 Å². The summed E-state index contributed by atoms with van der Waals surface area (Å²) in [6.07, 6.45) is 4.81. The molecular weight excluding hydrogens is 296 g/mol. The first kappa shape index (κ1) is 19.3. The maximum absolute atomic E-state index is 6.20. The Morgan fingerprint density at radius 2 is 1.86 bits per heavy atom. The summed E-state index contributed by atoms with van der Waals surface area (Å²) < 4.78 is 6.02. The van der Waals surface area contributed by atoms with Crippen molar-refractivity contribution in [2.75, 3.05) is 26.2 Å². The van der Waals surface area contributed by atoms with Crippen LogP contribution < -0.4 is 10.5 Å². The first-order valence-corrected chi connectivity index (χ1v) is 8.91. The van der Waals surface area contributed by atoms with E-state index in [0.29, 0.717) is 6.54 Å². The van der Waals surface area contributed by atoms with E-state index in [-0.39, 0.29) is 6.04 Å². The predicted octanol–water partition coefficient (Wildman–Crippen LogP) is 4.64. The van der Waals surface area contributed by atoms with Gasteiger partial charge in [-0.25, -0.2) is 0 Å². The molecule has 0 aromatic heterocycles. The fraction of sp³-hybridized carbons (Fsp3) is 0.667. The molecule has 0 saturated carbocycles. The SMILES string of the molecule is CCCCCCOc1ccc(Cl)cc1C(CN)N(CC)CC. The smallest absolute Gasteiger partial charge is 0.124 e. The maximum atomic E-state index is 6.20. The summed E-state index contributed by atoms with van der Waals surface area (Å²) in [6, 6.07) is 6.02. The lowest BCUT2D eigenvalue weighted by molar-refractivity contribution is 0.215. The second kappa shape index (κ2) is 10.9. The number of ether oxygens (including phenoxy) is 1. The maximum Gasteiger partial charge on any atom is 0.124 e. The number of nitrogens with two attached hydrogens (primary N) is 1. The zero-order chi connectivity index (χ0) is 16.4. The summed E-state index contributed by atoms with van der Waals surface area (Å²) in [5.41, 5.74) is 7.14. The lowest BCUT2D eigenvalue weighted by Crippen LogP contribution is -2.33. The fourth-order valence-electron chi connectivity index (χ4n) is 2.76. The van der Waals surface area contributed by atoms with Gasteiger partial charge >= 0.3 is 0 Å². The van der Waals surface area contributed by atoms with Gasteiger partial charge in [0.2, 0.25) is 0 Å². The van der Waals surface area contributed by atoms with E-state index in [1.807, 2.05) is 18.2 Å². The largest absolute Gasteiger partial charge is 0.493 e. The number of hydrogen-bond donors (Lipinski definition) is 1. The van der Waals surface area contributed by atoms with Crippen LogP contribution in [0.1, 0.15) is 58.1 Å². The van der Waals surface area contributed by atoms with Crippen LogP contribution in [0.15, 0.2) is 18.2 Å². The molecule has 0 spiro atoms. The van der Waals surface area contributed by atoms with E-state index >= 15 is 0 Å². The molecule has 0 aliphatic heterocycles. The van der Waals surface area contributed by atoms with E-state index in [0.717, 1.165) is 42.5 Å². The molecule has 126 valence electrons. The summed E-state index contributed by atoms with van der Waals surface area (Å²) in [5, 5.41) is 0.735. The first-order valence-electron chi connectivity index (χ1n) is 8.54. The third-order valence-electron chi connectivity index (χ3n) is 4.06. The van der Waals surface area contributed by atoms with Gasteiger partial charge in [0, 0.05) is 17.1 Å². The Balaban J connectivity index is 2.84. The van der Waals surface area contributed by atoms with E-state index in [1.165, 1.54) is 19.3 Å². The number of halogens is 1. The Hall–Kier alpha value is -0.770. The third kappa shape index (κ3) is 5.79. The quantitative estimate of drug-likeness (QED) is 0.602. The van der Waals surface area contributed by atoms with Gasteiger partial charge < -0.3 is 10.5 Å². The summed E-state index contributed by atoms with van der Waals surface area (Å²) >= 11 is 6.20. The van der Waals surface area contributed by atoms with Gasteiger partial charge in [0.15, 0.2) is 0 Å². The Kier molecular flexibility index (Phi) is 9.53. The van der Waals surface area contributed by atoms with Gasteiger partial charge in [-0.05, 0) is 37.7 Å². The van der Waals surface area contributed by atoms with Crippen molar-refractivity contribution < 1.29 is 4.74 Å². The molecule has 0 saturated heterocycles. The zero-order valence-electron chi connectivity index (χ0n) is 14.3. The molecule has 0 radical (unpaired) electrons. The number of likely N-dealkylation sites (N-methyl/N-ethyl adjacent to an activating group) is 1. The van der Waals surface area contributed by atoms with Crippen LogP contribution in [0, 0.1) is 0 Å². The van der Waals surface area contributed by atoms with Gasteiger partial charge in [0.1, 0.15) is 5.75 Å². The number of nitrogens with zero attached hydrogens (tertiary/aromatic N) is 1. The van der Waals surface area contributed by atoms with Crippen molar-refractivity contribution in [3.05, 3.63) is 28.8 Å². The van der Waals surface area contributed by atoms with Gasteiger partial charge in [0.25, 0.3) is 0 Å². The average molecular weight is 327 g/mol. The molecule has 0 aliphatic rings. The molecule has 1 unspecified atom stereocenters. The van der Waals surface area contributed by atoms with Gasteiger partial charge in [-0.1, -0.05) is 51.6 Å². The molecule has 0 heterocycles. The minimum atomic E-state index is 0.152. The minimum absolute atomic E-state index is 0.152. The molecule has 0 bridgehead atoms. The molecule has 3 nitrogen and oxygen atoms in total. The van der Waals surface area contributed by atoms with Crippen LogP contribution in [-0.2, 0) is 0 Å². The highest BCUT2D eigenvalue weighted by Gasteiger charge is 2.20. The molecule has 0 fully saturated rings. The molecule has 1 rings (SSSR count). The van der Waals surface area contributed by atoms with E-state index in [2.05, 4.69) is 25.7 Å². The molecule has 1 aromatic carbocycles. The van der Waals surface area contributed by atoms with Gasteiger partial charge in [-0.3, -0.25) is 4.90 Å². The summed E-state index contributed by atoms with van der Waals surface area (Å²) in [7, 11) is 0. The van der Waals surface area contributed by atoms with Crippen molar-refractivity contribution in [2.24, 2.45) is 5.73 Å². The molecule has 0 amide bonds. The van der Waals surface area contributed by atoms with Crippen LogP contribution >= 0.6 is 11.6 Å². The van der Waals surface area contributed by atoms with Crippen LogP contribution in [0.3, 0.4) is 0 Å². The van der Waals surface area contributed by atoms with Crippen molar-refractivity contribution in [2.45, 2.75) is 52.5 Å². The van der Waals surface area contributed by atoms with Gasteiger partial charge in [-0.15, -0.1) is 0 Å². The van der Waals surface area contributed by atoms with Crippen molar-refractivity contribution in [1.29, 1.82) is 0 Å². The second-order valence-corrected chi connectivity index (χ2v) is 6.00. The van der Waals surface area contributed by atoms with E-state index in [9.17, 15) is 0 Å². The lowest BCUT2D eigenvalue weighted by Gasteiger charge is -2.30. The summed E-state index contributed by atoms with van der Waals surface area (Å²) in [5.74, 6) is 0.920. The number of benzene rings is 1. The highest BCUT2D eigenvalue weighted by Crippen LogP contribution is 2.31. The molecule has 22 heavy (non-hydrogen) atoms. The van der Waals surface area contributed by atoms with E-state index in [4.69, 9.17) is 22.1 Å². The number of unbranched alkanes of at least 4 members (excludes halogenated alkanes) is 3. The predicted molar refractivity (Wildman–Crippen MR) is 95.8 cm³/mol. The standard InChI is InChI=1S/C18H31ClN2O/c1-4-7-8-9-12-22-18-11-10-15(19)13-16(18)17(14-20)21(5-2)6-3/h10-11,13,17H,4-9,12,14,20H2,1-3H3.